The van der Waals surface area contributed by atoms with Gasteiger partial charge >= 0.3 is 0 Å². The lowest BCUT2D eigenvalue weighted by Crippen LogP contribution is -2.32. The predicted octanol–water partition coefficient (Wildman–Crippen LogP) is 2.21. The second kappa shape index (κ2) is 26.0. The van der Waals surface area contributed by atoms with Crippen molar-refractivity contribution < 1.29 is 52.8 Å². The van der Waals surface area contributed by atoms with Crippen LogP contribution in [0.2, 0.25) is 5.02 Å². The molecule has 52 heavy (non-hydrogen) atoms. The Morgan fingerprint density at radius 1 is 0.577 bits per heavy atom. The van der Waals surface area contributed by atoms with Crippen LogP contribution in [-0.4, -0.2) is 120 Å². The summed E-state index contributed by atoms with van der Waals surface area (Å²) in [6.45, 7) is 2.54. The highest BCUT2D eigenvalue weighted by Gasteiger charge is 2.19. The summed E-state index contributed by atoms with van der Waals surface area (Å²) in [6, 6.07) is 5.52. The monoisotopic (exact) mass is 776 g/mol. The minimum atomic E-state index is -3.80. The molecule has 0 fully saturated rings. The van der Waals surface area contributed by atoms with Crippen LogP contribution in [0, 0.1) is 0 Å². The van der Waals surface area contributed by atoms with Crippen LogP contribution in [0.5, 0.6) is 0 Å². The van der Waals surface area contributed by atoms with Crippen molar-refractivity contribution in [1.29, 1.82) is 0 Å². The number of hydroxylamine groups is 6. The number of sulfone groups is 1. The first-order valence-electron chi connectivity index (χ1n) is 17.4. The van der Waals surface area contributed by atoms with E-state index in [1.54, 1.807) is 0 Å². The summed E-state index contributed by atoms with van der Waals surface area (Å²) in [6.07, 6.45) is 4.53. The molecule has 294 valence electrons. The zero-order valence-electron chi connectivity index (χ0n) is 29.7. The molecule has 0 aliphatic rings. The molecule has 6 N–H and O–H groups in total. The van der Waals surface area contributed by atoms with Crippen LogP contribution in [-0.2, 0) is 38.6 Å². The largest absolute Gasteiger partial charge is 0.356 e. The number of rotatable bonds is 27. The Balaban J connectivity index is 2.04. The van der Waals surface area contributed by atoms with E-state index in [9.17, 15) is 52.8 Å². The number of hydrogen-bond acceptors (Lipinski definition) is 11. The highest BCUT2D eigenvalue weighted by atomic mass is 35.5. The predicted molar refractivity (Wildman–Crippen MR) is 189 cm³/mol. The van der Waals surface area contributed by atoms with Gasteiger partial charge in [0.2, 0.25) is 35.4 Å². The fourth-order valence-corrected chi connectivity index (χ4v) is 5.90. The van der Waals surface area contributed by atoms with Gasteiger partial charge in [0.1, 0.15) is 5.75 Å². The van der Waals surface area contributed by atoms with Gasteiger partial charge in [-0.1, -0.05) is 11.6 Å². The van der Waals surface area contributed by atoms with Crippen LogP contribution in [0.1, 0.15) is 90.4 Å². The minimum absolute atomic E-state index is 0.00143. The van der Waals surface area contributed by atoms with E-state index in [0.29, 0.717) is 91.1 Å². The Bertz CT molecular complexity index is 1400. The topological polar surface area (TPSA) is 243 Å². The van der Waals surface area contributed by atoms with Crippen molar-refractivity contribution in [2.75, 3.05) is 45.0 Å². The molecule has 0 spiro atoms. The van der Waals surface area contributed by atoms with Gasteiger partial charge in [0.25, 0.3) is 0 Å². The third-order valence-corrected chi connectivity index (χ3v) is 9.56. The Morgan fingerprint density at radius 3 is 1.37 bits per heavy atom. The van der Waals surface area contributed by atoms with Gasteiger partial charge in [-0.3, -0.25) is 44.4 Å². The maximum Gasteiger partial charge on any atom is 0.246 e. The van der Waals surface area contributed by atoms with Crippen molar-refractivity contribution in [2.45, 2.75) is 95.3 Å². The maximum atomic E-state index is 12.3. The molecule has 0 aliphatic heterocycles. The van der Waals surface area contributed by atoms with Crippen LogP contribution >= 0.6 is 11.6 Å². The molecule has 6 amide bonds. The Kier molecular flexibility index (Phi) is 23.1. The Labute approximate surface area is 309 Å². The van der Waals surface area contributed by atoms with Crippen molar-refractivity contribution in [2.24, 2.45) is 0 Å². The Hall–Kier alpha value is -3.84. The van der Waals surface area contributed by atoms with Crippen molar-refractivity contribution in [3.05, 3.63) is 29.3 Å². The summed E-state index contributed by atoms with van der Waals surface area (Å²) in [5.74, 6) is -3.65. The van der Waals surface area contributed by atoms with E-state index < -0.39 is 39.2 Å². The quantitative estimate of drug-likeness (QED) is 0.0430. The summed E-state index contributed by atoms with van der Waals surface area (Å²) >= 11 is 5.76. The van der Waals surface area contributed by atoms with Crippen molar-refractivity contribution in [3.8, 4) is 0 Å². The third-order valence-electron chi connectivity index (χ3n) is 7.67. The van der Waals surface area contributed by atoms with Crippen LogP contribution in [0.25, 0.3) is 0 Å². The first kappa shape index (κ1) is 46.2. The van der Waals surface area contributed by atoms with Gasteiger partial charge in [0.15, 0.2) is 9.84 Å². The van der Waals surface area contributed by atoms with E-state index in [1.807, 2.05) is 0 Å². The highest BCUT2D eigenvalue weighted by Crippen LogP contribution is 2.15. The van der Waals surface area contributed by atoms with E-state index in [-0.39, 0.29) is 68.6 Å². The number of nitrogens with zero attached hydrogens (tertiary/aromatic N) is 3. The normalized spacial score (nSPS) is 11.0. The molecule has 0 saturated heterocycles. The fourth-order valence-electron chi connectivity index (χ4n) is 4.61. The molecule has 0 radical (unpaired) electrons. The summed E-state index contributed by atoms with van der Waals surface area (Å²) < 4.78 is 24.6. The molecule has 0 atom stereocenters. The highest BCUT2D eigenvalue weighted by molar-refractivity contribution is 7.92. The lowest BCUT2D eigenvalue weighted by atomic mass is 10.2. The number of halogens is 1. The zero-order valence-corrected chi connectivity index (χ0v) is 31.3. The van der Waals surface area contributed by atoms with Gasteiger partial charge in [-0.25, -0.2) is 23.6 Å². The smallest absolute Gasteiger partial charge is 0.246 e. The number of nitrogens with one attached hydrogen (secondary N) is 3. The van der Waals surface area contributed by atoms with E-state index in [0.717, 1.165) is 0 Å². The van der Waals surface area contributed by atoms with Gasteiger partial charge in [0, 0.05) is 76.9 Å². The molecule has 0 aromatic heterocycles. The molecule has 1 aromatic rings. The summed E-state index contributed by atoms with van der Waals surface area (Å²) in [5, 5.41) is 39.2. The van der Waals surface area contributed by atoms with E-state index in [4.69, 9.17) is 11.6 Å². The molecular weight excluding hydrogens is 724 g/mol. The number of unbranched alkanes of at least 4 members (excludes halogenated alkanes) is 6. The van der Waals surface area contributed by atoms with E-state index in [2.05, 4.69) is 16.0 Å². The maximum absolute atomic E-state index is 12.3. The van der Waals surface area contributed by atoms with Crippen LogP contribution in [0.15, 0.2) is 29.2 Å². The summed E-state index contributed by atoms with van der Waals surface area (Å²) in [4.78, 5) is 71.1. The summed E-state index contributed by atoms with van der Waals surface area (Å²) in [7, 11) is -3.80. The standard InChI is InChI=1S/C33H53ClN6O11S/c1-26(41)38(47)22-8-2-5-19-35-29(42)15-17-32(45)39(48)23-9-3-6-20-36-30(43)16-18-33(46)40(49)24-10-4-7-21-37-31(44)25-52(50,51)28-13-11-27(34)12-14-28/h11-14,47-49H,2-10,15-25H2,1H3,(H,35,42)(H,36,43)(H,37,44). The SMILES string of the molecule is CC(=O)N(O)CCCCCNC(=O)CCC(=O)N(O)CCCCCNC(=O)CCC(=O)N(O)CCCCCNC(=O)CS(=O)(=O)c1ccc(Cl)cc1. The van der Waals surface area contributed by atoms with Crippen LogP contribution in [0.3, 0.4) is 0 Å². The molecule has 0 bridgehead atoms. The van der Waals surface area contributed by atoms with Gasteiger partial charge in [0.05, 0.1) is 4.90 Å². The molecule has 19 heteroatoms. The number of carbonyl (C=O) groups excluding carboxylic acids is 6. The van der Waals surface area contributed by atoms with Gasteiger partial charge in [-0.05, 0) is 82.1 Å². The van der Waals surface area contributed by atoms with Gasteiger partial charge in [-0.2, -0.15) is 0 Å². The van der Waals surface area contributed by atoms with Crippen molar-refractivity contribution >= 4 is 56.9 Å². The molecule has 0 saturated carbocycles. The fraction of sp³-hybridized carbons (Fsp3) is 0.636. The first-order chi connectivity index (χ1) is 24.6. The lowest BCUT2D eigenvalue weighted by Gasteiger charge is -2.15. The van der Waals surface area contributed by atoms with E-state index in [1.165, 1.54) is 31.2 Å². The van der Waals surface area contributed by atoms with Gasteiger partial charge in [-0.15, -0.1) is 0 Å². The average Bonchev–Trinajstić information content (AvgIpc) is 3.09. The van der Waals surface area contributed by atoms with Crippen LogP contribution in [0.4, 0.5) is 0 Å². The molecule has 17 nitrogen and oxygen atoms in total. The van der Waals surface area contributed by atoms with Crippen LogP contribution < -0.4 is 16.0 Å². The Morgan fingerprint density at radius 2 is 0.962 bits per heavy atom. The first-order valence-corrected chi connectivity index (χ1v) is 19.4. The van der Waals surface area contributed by atoms with Gasteiger partial charge < -0.3 is 16.0 Å². The molecule has 1 rings (SSSR count). The summed E-state index contributed by atoms with van der Waals surface area (Å²) in [5.41, 5.74) is 0. The second-order valence-corrected chi connectivity index (χ2v) is 14.5. The lowest BCUT2D eigenvalue weighted by molar-refractivity contribution is -0.166. The minimum Gasteiger partial charge on any atom is -0.356 e. The molecule has 0 aliphatic carbocycles. The van der Waals surface area contributed by atoms with E-state index >= 15 is 0 Å². The molecule has 0 unspecified atom stereocenters. The number of hydrogen-bond donors (Lipinski definition) is 6. The zero-order chi connectivity index (χ0) is 38.9. The van der Waals surface area contributed by atoms with Crippen molar-refractivity contribution in [3.63, 3.8) is 0 Å². The molecule has 0 heterocycles. The second-order valence-electron chi connectivity index (χ2n) is 12.1. The van der Waals surface area contributed by atoms with Crippen molar-refractivity contribution in [1.82, 2.24) is 31.1 Å². The molecular formula is C33H53ClN6O11S. The average molecular weight is 777 g/mol. The number of benzene rings is 1. The third kappa shape index (κ3) is 21.5. The number of amides is 6. The number of carbonyl (C=O) groups is 6. The molecule has 1 aromatic carbocycles.